The summed E-state index contributed by atoms with van der Waals surface area (Å²) >= 11 is 0. The van der Waals surface area contributed by atoms with Gasteiger partial charge >= 0.3 is 0 Å². The monoisotopic (exact) mass is 444 g/mol. The van der Waals surface area contributed by atoms with Gasteiger partial charge in [-0.1, -0.05) is 24.0 Å². The molecule has 0 aliphatic rings. The first-order valence-electron chi connectivity index (χ1n) is 9.72. The molecule has 9 heteroatoms. The van der Waals surface area contributed by atoms with E-state index < -0.39 is 29.8 Å². The van der Waals surface area contributed by atoms with Crippen molar-refractivity contribution in [1.82, 2.24) is 15.7 Å². The number of carbonyl (C=O) groups excluding carboxylic acids is 2. The molecule has 0 aliphatic heterocycles. The van der Waals surface area contributed by atoms with Crippen molar-refractivity contribution in [3.05, 3.63) is 70.8 Å². The Morgan fingerprint density at radius 1 is 1.06 bits per heavy atom. The normalized spacial score (nSPS) is 13.7. The van der Waals surface area contributed by atoms with E-state index in [9.17, 15) is 18.4 Å². The van der Waals surface area contributed by atoms with Gasteiger partial charge in [0.05, 0.1) is 0 Å². The average molecular weight is 444 g/mol. The molecular weight excluding hydrogens is 418 g/mol. The van der Waals surface area contributed by atoms with Crippen LogP contribution in [0.25, 0.3) is 0 Å². The lowest BCUT2D eigenvalue weighted by molar-refractivity contribution is -0.134. The molecular formula is C23H26F2N4O3. The van der Waals surface area contributed by atoms with Gasteiger partial charge in [-0.05, 0) is 63.0 Å². The van der Waals surface area contributed by atoms with E-state index in [-0.39, 0.29) is 5.56 Å². The molecule has 0 aromatic heterocycles. The highest BCUT2D eigenvalue weighted by Gasteiger charge is 2.44. The van der Waals surface area contributed by atoms with Crippen LogP contribution in [-0.2, 0) is 11.3 Å². The van der Waals surface area contributed by atoms with E-state index in [1.165, 1.54) is 23.2 Å². The number of rotatable bonds is 7. The number of halogens is 2. The molecule has 2 aromatic carbocycles. The smallest absolute Gasteiger partial charge is 0.268 e. The molecule has 0 aliphatic carbocycles. The van der Waals surface area contributed by atoms with Crippen LogP contribution in [0.2, 0.25) is 0 Å². The Morgan fingerprint density at radius 2 is 1.56 bits per heavy atom. The Morgan fingerprint density at radius 3 is 2.00 bits per heavy atom. The molecule has 32 heavy (non-hydrogen) atoms. The topological polar surface area (TPSA) is 108 Å². The van der Waals surface area contributed by atoms with Gasteiger partial charge < -0.3 is 16.0 Å². The van der Waals surface area contributed by atoms with Crippen LogP contribution in [-0.4, -0.2) is 54.0 Å². The summed E-state index contributed by atoms with van der Waals surface area (Å²) < 4.78 is 26.4. The largest absolute Gasteiger partial charge is 0.338 e. The number of nitrogens with one attached hydrogen (secondary N) is 2. The average Bonchev–Trinajstić information content (AvgIpc) is 2.76. The minimum atomic E-state index is -3.13. The number of benzene rings is 2. The third-order valence-electron chi connectivity index (χ3n) is 4.69. The van der Waals surface area contributed by atoms with E-state index >= 15 is 0 Å². The predicted octanol–water partition coefficient (Wildman–Crippen LogP) is 1.73. The van der Waals surface area contributed by atoms with Gasteiger partial charge in [0, 0.05) is 23.2 Å². The lowest BCUT2D eigenvalue weighted by atomic mass is 9.92. The van der Waals surface area contributed by atoms with Crippen molar-refractivity contribution < 1.29 is 23.6 Å². The van der Waals surface area contributed by atoms with E-state index in [2.05, 4.69) is 22.1 Å². The standard InChI is InChI=1S/C23H26F2N4O3/c1-23(26,22(24)25)19(21(31)28-32)27-20(30)18-12-10-16(11-13-18)5-4-15-6-8-17(9-7-15)14-29(2)3/h6-13,19,22,32H,14,26H2,1-3H3,(H,27,30)(H,28,31)/t19-,23?/m1/s1. The van der Waals surface area contributed by atoms with Crippen molar-refractivity contribution >= 4 is 11.8 Å². The number of alkyl halides is 2. The Hall–Kier alpha value is -3.32. The highest BCUT2D eigenvalue weighted by molar-refractivity contribution is 5.98. The maximum absolute atomic E-state index is 13.2. The zero-order chi connectivity index (χ0) is 23.9. The molecule has 2 rings (SSSR count). The summed E-state index contributed by atoms with van der Waals surface area (Å²) in [5.41, 5.74) is 7.12. The van der Waals surface area contributed by atoms with E-state index in [1.54, 1.807) is 12.1 Å². The minimum Gasteiger partial charge on any atom is -0.338 e. The fraction of sp³-hybridized carbons (Fsp3) is 0.304. The van der Waals surface area contributed by atoms with Crippen LogP contribution in [0.15, 0.2) is 48.5 Å². The molecule has 170 valence electrons. The van der Waals surface area contributed by atoms with E-state index in [0.717, 1.165) is 19.0 Å². The van der Waals surface area contributed by atoms with Crippen LogP contribution < -0.4 is 16.5 Å². The van der Waals surface area contributed by atoms with Gasteiger partial charge in [0.15, 0.2) is 0 Å². The van der Waals surface area contributed by atoms with Gasteiger partial charge in [-0.25, -0.2) is 14.3 Å². The van der Waals surface area contributed by atoms with Crippen molar-refractivity contribution in [2.24, 2.45) is 5.73 Å². The van der Waals surface area contributed by atoms with E-state index in [4.69, 9.17) is 10.9 Å². The molecule has 5 N–H and O–H groups in total. The highest BCUT2D eigenvalue weighted by atomic mass is 19.3. The second-order valence-electron chi connectivity index (χ2n) is 7.81. The Bertz CT molecular complexity index is 995. The molecule has 0 saturated carbocycles. The quantitative estimate of drug-likeness (QED) is 0.296. The molecule has 0 saturated heterocycles. The third kappa shape index (κ3) is 6.59. The number of hydroxylamine groups is 1. The lowest BCUT2D eigenvalue weighted by Crippen LogP contribution is -2.66. The number of hydrogen-bond donors (Lipinski definition) is 4. The number of amides is 2. The van der Waals surface area contributed by atoms with Gasteiger partial charge in [0.25, 0.3) is 18.2 Å². The maximum Gasteiger partial charge on any atom is 0.268 e. The molecule has 0 bridgehead atoms. The van der Waals surface area contributed by atoms with Gasteiger partial charge in [-0.3, -0.25) is 14.8 Å². The summed E-state index contributed by atoms with van der Waals surface area (Å²) in [6.45, 7) is 1.74. The summed E-state index contributed by atoms with van der Waals surface area (Å²) in [6, 6.07) is 12.1. The summed E-state index contributed by atoms with van der Waals surface area (Å²) in [7, 11) is 3.99. The summed E-state index contributed by atoms with van der Waals surface area (Å²) in [6.07, 6.45) is -3.13. The minimum absolute atomic E-state index is 0.115. The van der Waals surface area contributed by atoms with Crippen LogP contribution in [0.1, 0.15) is 34.0 Å². The predicted molar refractivity (Wildman–Crippen MR) is 116 cm³/mol. The molecule has 0 radical (unpaired) electrons. The molecule has 1 unspecified atom stereocenters. The van der Waals surface area contributed by atoms with Crippen molar-refractivity contribution in [3.63, 3.8) is 0 Å². The molecule has 0 spiro atoms. The van der Waals surface area contributed by atoms with Crippen molar-refractivity contribution in [2.75, 3.05) is 14.1 Å². The Labute approximate surface area is 185 Å². The Balaban J connectivity index is 2.11. The zero-order valence-electron chi connectivity index (χ0n) is 18.0. The van der Waals surface area contributed by atoms with Crippen LogP contribution in [0, 0.1) is 11.8 Å². The number of nitrogens with zero attached hydrogens (tertiary/aromatic N) is 1. The van der Waals surface area contributed by atoms with Gasteiger partial charge in [0.2, 0.25) is 0 Å². The number of hydrogen-bond acceptors (Lipinski definition) is 5. The van der Waals surface area contributed by atoms with Gasteiger partial charge in [-0.15, -0.1) is 0 Å². The first kappa shape index (κ1) is 24.9. The number of carbonyl (C=O) groups is 2. The van der Waals surface area contributed by atoms with Crippen LogP contribution in [0.3, 0.4) is 0 Å². The van der Waals surface area contributed by atoms with Gasteiger partial charge in [0.1, 0.15) is 11.6 Å². The maximum atomic E-state index is 13.2. The van der Waals surface area contributed by atoms with Crippen molar-refractivity contribution in [1.29, 1.82) is 0 Å². The van der Waals surface area contributed by atoms with E-state index in [0.29, 0.717) is 5.56 Å². The van der Waals surface area contributed by atoms with Crippen LogP contribution >= 0.6 is 0 Å². The molecule has 2 aromatic rings. The third-order valence-corrected chi connectivity index (χ3v) is 4.69. The van der Waals surface area contributed by atoms with Crippen molar-refractivity contribution in [3.8, 4) is 11.8 Å². The first-order valence-corrected chi connectivity index (χ1v) is 9.72. The fourth-order valence-corrected chi connectivity index (χ4v) is 2.82. The number of nitrogens with two attached hydrogens (primary N) is 1. The second-order valence-corrected chi connectivity index (χ2v) is 7.81. The van der Waals surface area contributed by atoms with Gasteiger partial charge in [-0.2, -0.15) is 0 Å². The van der Waals surface area contributed by atoms with Crippen LogP contribution in [0.4, 0.5) is 8.78 Å². The molecule has 7 nitrogen and oxygen atoms in total. The SMILES string of the molecule is CN(C)Cc1ccc(C#Cc2ccc(C(=O)N[C@H](C(=O)NO)C(C)(N)C(F)F)cc2)cc1. The second kappa shape index (κ2) is 10.8. The highest BCUT2D eigenvalue weighted by Crippen LogP contribution is 2.18. The van der Waals surface area contributed by atoms with Crippen LogP contribution in [0.5, 0.6) is 0 Å². The summed E-state index contributed by atoms with van der Waals surface area (Å²) in [5.74, 6) is 3.97. The Kier molecular flexibility index (Phi) is 8.43. The lowest BCUT2D eigenvalue weighted by Gasteiger charge is -2.32. The molecule has 2 atom stereocenters. The molecule has 0 heterocycles. The summed E-state index contributed by atoms with van der Waals surface area (Å²) in [4.78, 5) is 26.3. The first-order chi connectivity index (χ1) is 15.0. The molecule has 2 amide bonds. The fourth-order valence-electron chi connectivity index (χ4n) is 2.82. The van der Waals surface area contributed by atoms with E-state index in [1.807, 2.05) is 38.4 Å². The zero-order valence-corrected chi connectivity index (χ0v) is 18.0. The summed E-state index contributed by atoms with van der Waals surface area (Å²) in [5, 5.41) is 11.0. The molecule has 0 fully saturated rings. The van der Waals surface area contributed by atoms with Crippen molar-refractivity contribution in [2.45, 2.75) is 31.5 Å².